The van der Waals surface area contributed by atoms with Gasteiger partial charge in [-0.2, -0.15) is 0 Å². The lowest BCUT2D eigenvalue weighted by atomic mass is 10.1. The van der Waals surface area contributed by atoms with Crippen molar-refractivity contribution >= 4 is 34.8 Å². The van der Waals surface area contributed by atoms with Crippen LogP contribution in [0.2, 0.25) is 0 Å². The van der Waals surface area contributed by atoms with Crippen LogP contribution in [0.15, 0.2) is 66.7 Å². The fourth-order valence-corrected chi connectivity index (χ4v) is 4.02. The zero-order chi connectivity index (χ0) is 25.7. The van der Waals surface area contributed by atoms with Crippen LogP contribution in [0.25, 0.3) is 0 Å². The van der Waals surface area contributed by atoms with Gasteiger partial charge in [-0.1, -0.05) is 12.1 Å². The Morgan fingerprint density at radius 3 is 2.28 bits per heavy atom. The number of hydrogen-bond donors (Lipinski definition) is 2. The maximum atomic E-state index is 12.9. The summed E-state index contributed by atoms with van der Waals surface area (Å²) in [5, 5.41) is 5.65. The fraction of sp³-hybridized carbons (Fsp3) is 0.222. The van der Waals surface area contributed by atoms with Crippen molar-refractivity contribution in [2.45, 2.75) is 6.42 Å². The van der Waals surface area contributed by atoms with Gasteiger partial charge in [0.1, 0.15) is 17.2 Å². The van der Waals surface area contributed by atoms with Crippen LogP contribution in [-0.4, -0.2) is 45.6 Å². The Labute approximate surface area is 209 Å². The molecule has 1 atom stereocenters. The Morgan fingerprint density at radius 2 is 1.58 bits per heavy atom. The van der Waals surface area contributed by atoms with E-state index < -0.39 is 5.92 Å². The molecular weight excluding hydrogens is 462 g/mol. The quantitative estimate of drug-likeness (QED) is 0.496. The molecule has 186 valence electrons. The van der Waals surface area contributed by atoms with Gasteiger partial charge in [-0.05, 0) is 48.5 Å². The van der Waals surface area contributed by atoms with E-state index in [1.54, 1.807) is 67.8 Å². The molecule has 3 aromatic rings. The minimum absolute atomic E-state index is 0.0750. The van der Waals surface area contributed by atoms with E-state index >= 15 is 0 Å². The van der Waals surface area contributed by atoms with Gasteiger partial charge in [-0.3, -0.25) is 14.4 Å². The summed E-state index contributed by atoms with van der Waals surface area (Å²) >= 11 is 0. The zero-order valence-corrected chi connectivity index (χ0v) is 20.2. The van der Waals surface area contributed by atoms with E-state index in [4.69, 9.17) is 14.2 Å². The number of carbonyl (C=O) groups is 3. The minimum Gasteiger partial charge on any atom is -0.497 e. The van der Waals surface area contributed by atoms with Gasteiger partial charge in [-0.25, -0.2) is 0 Å². The standard InChI is InChI=1S/C27H27N3O6/c1-34-20-12-13-24(36-3)22(15-20)30-16-18(14-25(30)31)27(33)28-19-10-8-17(9-11-19)26(32)29-21-6-4-5-7-23(21)35-2/h4-13,15,18H,14,16H2,1-3H3,(H,28,33)(H,29,32). The maximum absolute atomic E-state index is 12.9. The smallest absolute Gasteiger partial charge is 0.255 e. The average Bonchev–Trinajstić information content (AvgIpc) is 3.30. The first-order valence-corrected chi connectivity index (χ1v) is 11.3. The molecule has 1 fully saturated rings. The third-order valence-corrected chi connectivity index (χ3v) is 5.94. The summed E-state index contributed by atoms with van der Waals surface area (Å²) in [7, 11) is 4.60. The first-order valence-electron chi connectivity index (χ1n) is 11.3. The number of rotatable bonds is 8. The van der Waals surface area contributed by atoms with E-state index in [9.17, 15) is 14.4 Å². The van der Waals surface area contributed by atoms with Crippen molar-refractivity contribution in [1.29, 1.82) is 0 Å². The van der Waals surface area contributed by atoms with Crippen LogP contribution >= 0.6 is 0 Å². The van der Waals surface area contributed by atoms with Gasteiger partial charge in [0, 0.05) is 30.3 Å². The first kappa shape index (κ1) is 24.6. The minimum atomic E-state index is -0.540. The van der Waals surface area contributed by atoms with E-state index in [2.05, 4.69) is 10.6 Å². The summed E-state index contributed by atoms with van der Waals surface area (Å²) in [6.45, 7) is 0.216. The van der Waals surface area contributed by atoms with Gasteiger partial charge >= 0.3 is 0 Å². The molecule has 1 heterocycles. The Hall–Kier alpha value is -4.53. The van der Waals surface area contributed by atoms with Gasteiger partial charge in [-0.15, -0.1) is 0 Å². The molecule has 36 heavy (non-hydrogen) atoms. The number of nitrogens with one attached hydrogen (secondary N) is 2. The molecular formula is C27H27N3O6. The predicted molar refractivity (Wildman–Crippen MR) is 136 cm³/mol. The Bertz CT molecular complexity index is 1270. The molecule has 9 nitrogen and oxygen atoms in total. The number of nitrogens with zero attached hydrogens (tertiary/aromatic N) is 1. The topological polar surface area (TPSA) is 106 Å². The summed E-state index contributed by atoms with van der Waals surface area (Å²) in [5.41, 5.74) is 2.07. The summed E-state index contributed by atoms with van der Waals surface area (Å²) in [6, 6.07) is 18.8. The average molecular weight is 490 g/mol. The first-order chi connectivity index (χ1) is 17.4. The lowest BCUT2D eigenvalue weighted by Crippen LogP contribution is -2.28. The largest absolute Gasteiger partial charge is 0.497 e. The van der Waals surface area contributed by atoms with E-state index in [-0.39, 0.29) is 30.7 Å². The highest BCUT2D eigenvalue weighted by atomic mass is 16.5. The highest BCUT2D eigenvalue weighted by Gasteiger charge is 2.36. The SMILES string of the molecule is COc1ccc(OC)c(N2CC(C(=O)Nc3ccc(C(=O)Nc4ccccc4OC)cc3)CC2=O)c1. The summed E-state index contributed by atoms with van der Waals surface area (Å²) in [6.07, 6.45) is 0.0750. The van der Waals surface area contributed by atoms with Gasteiger partial charge in [0.15, 0.2) is 0 Å². The van der Waals surface area contributed by atoms with Crippen LogP contribution in [0.3, 0.4) is 0 Å². The van der Waals surface area contributed by atoms with Gasteiger partial charge in [0.05, 0.1) is 38.6 Å². The summed E-state index contributed by atoms with van der Waals surface area (Å²) in [5.74, 6) is 0.363. The highest BCUT2D eigenvalue weighted by Crippen LogP contribution is 2.36. The summed E-state index contributed by atoms with van der Waals surface area (Å²) < 4.78 is 15.9. The van der Waals surface area contributed by atoms with Crippen molar-refractivity contribution in [2.75, 3.05) is 43.4 Å². The van der Waals surface area contributed by atoms with Crippen LogP contribution in [0.5, 0.6) is 17.2 Å². The number of methoxy groups -OCH3 is 3. The van der Waals surface area contributed by atoms with Crippen LogP contribution < -0.4 is 29.7 Å². The molecule has 0 spiro atoms. The number of benzene rings is 3. The van der Waals surface area contributed by atoms with E-state index in [1.807, 2.05) is 6.07 Å². The van der Waals surface area contributed by atoms with Crippen molar-refractivity contribution in [1.82, 2.24) is 0 Å². The van der Waals surface area contributed by atoms with Gasteiger partial charge in [0.25, 0.3) is 5.91 Å². The number of amides is 3. The van der Waals surface area contributed by atoms with E-state index in [0.717, 1.165) is 0 Å². The molecule has 1 saturated heterocycles. The second-order valence-electron chi connectivity index (χ2n) is 8.16. The number of hydrogen-bond acceptors (Lipinski definition) is 6. The molecule has 1 unspecified atom stereocenters. The normalized spacial score (nSPS) is 14.8. The second-order valence-corrected chi connectivity index (χ2v) is 8.16. The predicted octanol–water partition coefficient (Wildman–Crippen LogP) is 3.96. The maximum Gasteiger partial charge on any atom is 0.255 e. The van der Waals surface area contributed by atoms with Crippen molar-refractivity contribution < 1.29 is 28.6 Å². The highest BCUT2D eigenvalue weighted by molar-refractivity contribution is 6.06. The molecule has 1 aliphatic rings. The third kappa shape index (κ3) is 5.25. The van der Waals surface area contributed by atoms with Gasteiger partial charge < -0.3 is 29.7 Å². The third-order valence-electron chi connectivity index (χ3n) is 5.94. The van der Waals surface area contributed by atoms with Crippen molar-refractivity contribution in [2.24, 2.45) is 5.92 Å². The lowest BCUT2D eigenvalue weighted by molar-refractivity contribution is -0.122. The summed E-state index contributed by atoms with van der Waals surface area (Å²) in [4.78, 5) is 39.8. The van der Waals surface area contributed by atoms with Crippen LogP contribution in [0.4, 0.5) is 17.1 Å². The van der Waals surface area contributed by atoms with Crippen molar-refractivity contribution in [3.63, 3.8) is 0 Å². The number of ether oxygens (including phenoxy) is 3. The number of anilines is 3. The molecule has 0 bridgehead atoms. The molecule has 2 N–H and O–H groups in total. The number of carbonyl (C=O) groups excluding carboxylic acids is 3. The molecule has 4 rings (SSSR count). The zero-order valence-electron chi connectivity index (χ0n) is 20.2. The molecule has 0 aliphatic carbocycles. The Kier molecular flexibility index (Phi) is 7.39. The molecule has 9 heteroatoms. The number of para-hydroxylation sites is 2. The molecule has 1 aliphatic heterocycles. The monoisotopic (exact) mass is 489 g/mol. The van der Waals surface area contributed by atoms with Crippen molar-refractivity contribution in [3.05, 3.63) is 72.3 Å². The van der Waals surface area contributed by atoms with Crippen LogP contribution in [-0.2, 0) is 9.59 Å². The molecule has 0 aromatic heterocycles. The van der Waals surface area contributed by atoms with Crippen molar-refractivity contribution in [3.8, 4) is 17.2 Å². The van der Waals surface area contributed by atoms with Gasteiger partial charge in [0.2, 0.25) is 11.8 Å². The molecule has 0 radical (unpaired) electrons. The van der Waals surface area contributed by atoms with E-state index in [1.165, 1.54) is 19.1 Å². The molecule has 3 aromatic carbocycles. The lowest BCUT2D eigenvalue weighted by Gasteiger charge is -2.20. The molecule has 3 amide bonds. The molecule has 0 saturated carbocycles. The Morgan fingerprint density at radius 1 is 0.861 bits per heavy atom. The van der Waals surface area contributed by atoms with Crippen LogP contribution in [0, 0.1) is 5.92 Å². The fourth-order valence-electron chi connectivity index (χ4n) is 4.02. The Balaban J connectivity index is 1.40. The van der Waals surface area contributed by atoms with E-state index in [0.29, 0.717) is 39.9 Å². The van der Waals surface area contributed by atoms with Crippen LogP contribution in [0.1, 0.15) is 16.8 Å². The second kappa shape index (κ2) is 10.8.